The zero-order valence-electron chi connectivity index (χ0n) is 18.5. The van der Waals surface area contributed by atoms with Gasteiger partial charge in [0.05, 0.1) is 12.7 Å². The number of Topliss-reactive ketones (excluding diaryl/α,β-unsaturated/α-hetero) is 1. The molecule has 2 heterocycles. The van der Waals surface area contributed by atoms with Crippen LogP contribution in [0.4, 0.5) is 4.39 Å². The van der Waals surface area contributed by atoms with Crippen molar-refractivity contribution in [2.45, 2.75) is 13.5 Å². The molecular formula is C27H22FNO4. The Morgan fingerprint density at radius 3 is 2.70 bits per heavy atom. The van der Waals surface area contributed by atoms with E-state index < -0.39 is 0 Å². The molecule has 0 atom stereocenters. The van der Waals surface area contributed by atoms with E-state index in [0.29, 0.717) is 22.6 Å². The molecule has 1 aliphatic heterocycles. The van der Waals surface area contributed by atoms with E-state index in [-0.39, 0.29) is 24.0 Å². The number of ketones is 1. The molecule has 1 aromatic heterocycles. The molecule has 0 unspecified atom stereocenters. The quantitative estimate of drug-likeness (QED) is 0.364. The Balaban J connectivity index is 1.45. The number of carbonyl (C=O) groups is 1. The van der Waals surface area contributed by atoms with Crippen molar-refractivity contribution < 1.29 is 23.4 Å². The first kappa shape index (κ1) is 20.8. The number of carbonyl (C=O) groups excluding carboxylic acids is 1. The van der Waals surface area contributed by atoms with E-state index in [2.05, 4.69) is 0 Å². The first-order valence-electron chi connectivity index (χ1n) is 10.5. The summed E-state index contributed by atoms with van der Waals surface area (Å²) in [5.41, 5.74) is 3.59. The van der Waals surface area contributed by atoms with Crippen molar-refractivity contribution in [1.82, 2.24) is 4.57 Å². The number of aryl methyl sites for hydroxylation is 2. The number of halogens is 1. The molecule has 0 aliphatic carbocycles. The van der Waals surface area contributed by atoms with Crippen LogP contribution in [0.15, 0.2) is 66.6 Å². The van der Waals surface area contributed by atoms with Crippen LogP contribution >= 0.6 is 0 Å². The number of aromatic nitrogens is 1. The molecule has 0 N–H and O–H groups in total. The van der Waals surface area contributed by atoms with E-state index in [1.54, 1.807) is 43.5 Å². The molecule has 33 heavy (non-hydrogen) atoms. The van der Waals surface area contributed by atoms with Crippen molar-refractivity contribution >= 4 is 22.8 Å². The van der Waals surface area contributed by atoms with Crippen LogP contribution in [0, 0.1) is 12.7 Å². The van der Waals surface area contributed by atoms with Crippen molar-refractivity contribution in [1.29, 1.82) is 0 Å². The minimum absolute atomic E-state index is 0.0827. The average Bonchev–Trinajstić information content (AvgIpc) is 3.29. The van der Waals surface area contributed by atoms with Crippen LogP contribution in [0.2, 0.25) is 0 Å². The SMILES string of the molecule is COc1ccc2c(c1)c(/C=C1\Oc3cc(OCc4ccccc4F)cc(C)c3C1=O)cn2C. The molecule has 4 aromatic rings. The van der Waals surface area contributed by atoms with Crippen molar-refractivity contribution in [2.75, 3.05) is 7.11 Å². The van der Waals surface area contributed by atoms with Gasteiger partial charge in [-0.1, -0.05) is 18.2 Å². The third-order valence-electron chi connectivity index (χ3n) is 5.81. The molecule has 1 aliphatic rings. The van der Waals surface area contributed by atoms with E-state index >= 15 is 0 Å². The largest absolute Gasteiger partial charge is 0.497 e. The van der Waals surface area contributed by atoms with E-state index in [1.165, 1.54) is 6.07 Å². The summed E-state index contributed by atoms with van der Waals surface area (Å²) in [7, 11) is 3.57. The molecule has 0 spiro atoms. The van der Waals surface area contributed by atoms with Crippen molar-refractivity contribution in [3.05, 3.63) is 94.6 Å². The Bertz CT molecular complexity index is 1430. The zero-order chi connectivity index (χ0) is 23.1. The lowest BCUT2D eigenvalue weighted by Crippen LogP contribution is -2.00. The van der Waals surface area contributed by atoms with Crippen LogP contribution in [-0.2, 0) is 13.7 Å². The number of benzene rings is 3. The summed E-state index contributed by atoms with van der Waals surface area (Å²) in [4.78, 5) is 13.1. The molecular weight excluding hydrogens is 421 g/mol. The first-order chi connectivity index (χ1) is 15.9. The molecule has 5 rings (SSSR count). The molecule has 0 radical (unpaired) electrons. The van der Waals surface area contributed by atoms with Gasteiger partial charge in [0.15, 0.2) is 5.76 Å². The highest BCUT2D eigenvalue weighted by atomic mass is 19.1. The number of fused-ring (bicyclic) bond motifs is 2. The molecule has 0 fully saturated rings. The molecule has 0 saturated heterocycles. The van der Waals surface area contributed by atoms with Gasteiger partial charge < -0.3 is 18.8 Å². The molecule has 0 bridgehead atoms. The molecule has 3 aromatic carbocycles. The monoisotopic (exact) mass is 443 g/mol. The normalized spacial score (nSPS) is 13.9. The molecule has 5 nitrogen and oxygen atoms in total. The van der Waals surface area contributed by atoms with Gasteiger partial charge in [-0.15, -0.1) is 0 Å². The highest BCUT2D eigenvalue weighted by molar-refractivity contribution is 6.16. The van der Waals surface area contributed by atoms with Crippen LogP contribution in [0.1, 0.15) is 27.0 Å². The van der Waals surface area contributed by atoms with E-state index in [1.807, 2.05) is 42.9 Å². The maximum absolute atomic E-state index is 13.9. The van der Waals surface area contributed by atoms with Gasteiger partial charge in [0, 0.05) is 41.3 Å². The van der Waals surface area contributed by atoms with Crippen LogP contribution < -0.4 is 14.2 Å². The number of allylic oxidation sites excluding steroid dienone is 1. The van der Waals surface area contributed by atoms with Gasteiger partial charge in [0.25, 0.3) is 0 Å². The fourth-order valence-corrected chi connectivity index (χ4v) is 4.12. The average molecular weight is 443 g/mol. The summed E-state index contributed by atoms with van der Waals surface area (Å²) in [6.45, 7) is 1.92. The summed E-state index contributed by atoms with van der Waals surface area (Å²) in [5, 5.41) is 0.960. The molecule has 0 amide bonds. The second-order valence-electron chi connectivity index (χ2n) is 8.01. The van der Waals surface area contributed by atoms with Gasteiger partial charge in [0.2, 0.25) is 5.78 Å². The van der Waals surface area contributed by atoms with Gasteiger partial charge in [-0.25, -0.2) is 4.39 Å². The third-order valence-corrected chi connectivity index (χ3v) is 5.81. The Labute approximate surface area is 190 Å². The Morgan fingerprint density at radius 2 is 1.91 bits per heavy atom. The van der Waals surface area contributed by atoms with Crippen molar-refractivity contribution in [3.8, 4) is 17.2 Å². The second-order valence-corrected chi connectivity index (χ2v) is 8.01. The van der Waals surface area contributed by atoms with Crippen molar-refractivity contribution in [3.63, 3.8) is 0 Å². The smallest absolute Gasteiger partial charge is 0.232 e. The number of methoxy groups -OCH3 is 1. The summed E-state index contributed by atoms with van der Waals surface area (Å²) in [6, 6.07) is 15.7. The van der Waals surface area contributed by atoms with E-state index in [9.17, 15) is 9.18 Å². The number of hydrogen-bond acceptors (Lipinski definition) is 4. The minimum Gasteiger partial charge on any atom is -0.497 e. The first-order valence-corrected chi connectivity index (χ1v) is 10.5. The predicted octanol–water partition coefficient (Wildman–Crippen LogP) is 5.83. The van der Waals surface area contributed by atoms with Crippen LogP contribution in [0.25, 0.3) is 17.0 Å². The number of hydrogen-bond donors (Lipinski definition) is 0. The number of nitrogens with zero attached hydrogens (tertiary/aromatic N) is 1. The van der Waals surface area contributed by atoms with Gasteiger partial charge in [-0.3, -0.25) is 4.79 Å². The van der Waals surface area contributed by atoms with Gasteiger partial charge in [0.1, 0.15) is 29.7 Å². The highest BCUT2D eigenvalue weighted by Gasteiger charge is 2.30. The maximum Gasteiger partial charge on any atom is 0.232 e. The number of rotatable bonds is 5. The van der Waals surface area contributed by atoms with Crippen molar-refractivity contribution in [2.24, 2.45) is 7.05 Å². The fourth-order valence-electron chi connectivity index (χ4n) is 4.12. The Hall–Kier alpha value is -4.06. The number of ether oxygens (including phenoxy) is 3. The van der Waals surface area contributed by atoms with Crippen LogP contribution in [0.5, 0.6) is 17.2 Å². The van der Waals surface area contributed by atoms with Crippen LogP contribution in [-0.4, -0.2) is 17.5 Å². The lowest BCUT2D eigenvalue weighted by atomic mass is 10.0. The highest BCUT2D eigenvalue weighted by Crippen LogP contribution is 2.38. The lowest BCUT2D eigenvalue weighted by Gasteiger charge is -2.09. The van der Waals surface area contributed by atoms with Gasteiger partial charge >= 0.3 is 0 Å². The summed E-state index contributed by atoms with van der Waals surface area (Å²) in [6.07, 6.45) is 3.70. The topological polar surface area (TPSA) is 49.7 Å². The minimum atomic E-state index is -0.321. The molecule has 6 heteroatoms. The molecule has 0 saturated carbocycles. The summed E-state index contributed by atoms with van der Waals surface area (Å²) < 4.78 is 33.0. The van der Waals surface area contributed by atoms with Crippen LogP contribution in [0.3, 0.4) is 0 Å². The lowest BCUT2D eigenvalue weighted by molar-refractivity contribution is 0.101. The summed E-state index contributed by atoms with van der Waals surface area (Å²) >= 11 is 0. The summed E-state index contributed by atoms with van der Waals surface area (Å²) in [5.74, 6) is 1.44. The standard InChI is InChI=1S/C27H22FNO4/c1-16-10-20(32-15-17-6-4-5-7-22(17)28)13-24-26(16)27(30)25(33-24)11-18-14-29(2)23-9-8-19(31-3)12-21(18)23/h4-14H,15H2,1-3H3/b25-11-. The van der Waals surface area contributed by atoms with E-state index in [0.717, 1.165) is 27.8 Å². The van der Waals surface area contributed by atoms with Gasteiger partial charge in [-0.05, 0) is 48.9 Å². The Kier molecular flexibility index (Phi) is 5.13. The van der Waals surface area contributed by atoms with Gasteiger partial charge in [-0.2, -0.15) is 0 Å². The fraction of sp³-hybridized carbons (Fsp3) is 0.148. The van der Waals surface area contributed by atoms with E-state index in [4.69, 9.17) is 14.2 Å². The zero-order valence-corrected chi connectivity index (χ0v) is 18.5. The Morgan fingerprint density at radius 1 is 1.09 bits per heavy atom. The second kappa shape index (κ2) is 8.13. The third kappa shape index (κ3) is 3.74. The maximum atomic E-state index is 13.9. The predicted molar refractivity (Wildman–Crippen MR) is 124 cm³/mol. The molecule has 166 valence electrons.